The van der Waals surface area contributed by atoms with Crippen molar-refractivity contribution >= 4 is 44.2 Å². The van der Waals surface area contributed by atoms with E-state index in [0.717, 1.165) is 10.6 Å². The number of thiol groups is 1. The van der Waals surface area contributed by atoms with Crippen molar-refractivity contribution in [3.8, 4) is 5.88 Å². The van der Waals surface area contributed by atoms with Gasteiger partial charge in [-0.15, -0.1) is 22.9 Å². The van der Waals surface area contributed by atoms with Crippen LogP contribution in [0.1, 0.15) is 23.6 Å². The van der Waals surface area contributed by atoms with Gasteiger partial charge >= 0.3 is 0 Å². The third-order valence-electron chi connectivity index (χ3n) is 4.23. The number of aryl methyl sites for hydroxylation is 1. The molecule has 0 aliphatic heterocycles. The fourth-order valence-corrected chi connectivity index (χ4v) is 4.52. The summed E-state index contributed by atoms with van der Waals surface area (Å²) in [6.45, 7) is 4.28. The molecular weight excluding hydrogens is 458 g/mol. The van der Waals surface area contributed by atoms with Crippen molar-refractivity contribution < 1.29 is 31.0 Å². The number of hydrogen-bond donors (Lipinski definition) is 4. The van der Waals surface area contributed by atoms with Crippen LogP contribution in [0.4, 0.5) is 11.4 Å². The van der Waals surface area contributed by atoms with E-state index in [4.69, 9.17) is 4.55 Å². The molecule has 0 radical (unpaired) electrons. The lowest BCUT2D eigenvalue weighted by atomic mass is 10.1. The highest BCUT2D eigenvalue weighted by molar-refractivity contribution is 7.86. The van der Waals surface area contributed by atoms with E-state index in [2.05, 4.69) is 22.9 Å². The molecule has 2 rings (SSSR count). The number of rotatable bonds is 6. The zero-order chi connectivity index (χ0) is 23.0. The normalized spacial score (nSPS) is 12.6. The van der Waals surface area contributed by atoms with Crippen molar-refractivity contribution in [1.29, 1.82) is 0 Å². The van der Waals surface area contributed by atoms with Gasteiger partial charge in [-0.3, -0.25) is 18.5 Å². The van der Waals surface area contributed by atoms with Crippen molar-refractivity contribution in [3.63, 3.8) is 0 Å². The van der Waals surface area contributed by atoms with Gasteiger partial charge in [-0.05, 0) is 44.0 Å². The quantitative estimate of drug-likeness (QED) is 0.279. The van der Waals surface area contributed by atoms with Crippen LogP contribution in [0.5, 0.6) is 5.88 Å². The van der Waals surface area contributed by atoms with Gasteiger partial charge < -0.3 is 5.11 Å². The highest BCUT2D eigenvalue weighted by Gasteiger charge is 2.22. The van der Waals surface area contributed by atoms with Crippen molar-refractivity contribution in [2.24, 2.45) is 10.2 Å². The molecule has 0 bridgehead atoms. The third kappa shape index (κ3) is 5.07. The maximum absolute atomic E-state index is 12.6. The molecule has 0 amide bonds. The molecule has 1 aromatic heterocycles. The minimum absolute atomic E-state index is 0.00410. The van der Waals surface area contributed by atoms with Gasteiger partial charge in [0.05, 0.1) is 10.6 Å². The largest absolute Gasteiger partial charge is 0.494 e. The SMILES string of the molecule is CCn1c(O)c(CS(=O)(=O)O)c(C)c(N=Nc2cc(C)c(S(=O)(=O)O)cc2S)c1=O. The number of nitrogens with zero attached hydrogens (tertiary/aromatic N) is 3. The fraction of sp³-hybridized carbons (Fsp3) is 0.312. The monoisotopic (exact) mass is 477 g/mol. The molecule has 1 heterocycles. The first-order valence-corrected chi connectivity index (χ1v) is 11.8. The van der Waals surface area contributed by atoms with Crippen molar-refractivity contribution in [2.75, 3.05) is 0 Å². The number of azo groups is 1. The Kier molecular flexibility index (Phi) is 6.78. The van der Waals surface area contributed by atoms with Crippen LogP contribution in [0.2, 0.25) is 0 Å². The lowest BCUT2D eigenvalue weighted by Gasteiger charge is -2.14. The first-order chi connectivity index (χ1) is 13.7. The zero-order valence-electron chi connectivity index (χ0n) is 16.1. The Morgan fingerprint density at radius 2 is 1.70 bits per heavy atom. The van der Waals surface area contributed by atoms with E-state index >= 15 is 0 Å². The molecule has 30 heavy (non-hydrogen) atoms. The van der Waals surface area contributed by atoms with Crippen LogP contribution < -0.4 is 5.56 Å². The van der Waals surface area contributed by atoms with E-state index in [1.807, 2.05) is 0 Å². The second-order valence-electron chi connectivity index (χ2n) is 6.33. The molecule has 0 fully saturated rings. The van der Waals surface area contributed by atoms with Crippen LogP contribution in [-0.2, 0) is 32.5 Å². The fourth-order valence-electron chi connectivity index (χ4n) is 2.75. The minimum atomic E-state index is -4.52. The van der Waals surface area contributed by atoms with Crippen LogP contribution in [0.25, 0.3) is 0 Å². The molecule has 0 saturated carbocycles. The summed E-state index contributed by atoms with van der Waals surface area (Å²) in [7, 11) is -8.99. The third-order valence-corrected chi connectivity index (χ3v) is 6.24. The molecule has 2 aromatic rings. The number of benzene rings is 1. The number of aromatic nitrogens is 1. The van der Waals surface area contributed by atoms with Crippen molar-refractivity contribution in [1.82, 2.24) is 4.57 Å². The van der Waals surface area contributed by atoms with Gasteiger partial charge in [0.2, 0.25) is 0 Å². The van der Waals surface area contributed by atoms with Crippen molar-refractivity contribution in [3.05, 3.63) is 39.2 Å². The van der Waals surface area contributed by atoms with E-state index < -0.39 is 37.4 Å². The lowest BCUT2D eigenvalue weighted by molar-refractivity contribution is 0.403. The Balaban J connectivity index is 2.69. The van der Waals surface area contributed by atoms with E-state index in [-0.39, 0.29) is 44.4 Å². The van der Waals surface area contributed by atoms with Gasteiger partial charge in [0, 0.05) is 17.0 Å². The summed E-state index contributed by atoms with van der Waals surface area (Å²) in [5.41, 5.74) is -1.01. The van der Waals surface area contributed by atoms with Gasteiger partial charge in [0.1, 0.15) is 5.75 Å². The smallest absolute Gasteiger partial charge is 0.294 e. The Morgan fingerprint density at radius 3 is 2.20 bits per heavy atom. The van der Waals surface area contributed by atoms with Gasteiger partial charge in [-0.2, -0.15) is 16.8 Å². The first kappa shape index (κ1) is 24.0. The standard InChI is InChI=1S/C16H19N3O8S3/c1-4-19-15(20)10(7-29(22,23)24)9(3)14(16(19)21)18-17-11-5-8(2)13(6-12(11)28)30(25,26)27/h5-6,20,28H,4,7H2,1-3H3,(H,22,23,24)(H,25,26,27). The second kappa shape index (κ2) is 8.47. The summed E-state index contributed by atoms with van der Waals surface area (Å²) in [4.78, 5) is 12.3. The molecule has 164 valence electrons. The topological polar surface area (TPSA) is 176 Å². The van der Waals surface area contributed by atoms with Crippen LogP contribution in [0.15, 0.2) is 36.9 Å². The Morgan fingerprint density at radius 1 is 1.10 bits per heavy atom. The summed E-state index contributed by atoms with van der Waals surface area (Å²) in [5, 5.41) is 18.0. The predicted molar refractivity (Wildman–Crippen MR) is 110 cm³/mol. The zero-order valence-corrected chi connectivity index (χ0v) is 18.6. The molecule has 0 saturated heterocycles. The summed E-state index contributed by atoms with van der Waals surface area (Å²) in [5.74, 6) is -1.55. The van der Waals surface area contributed by atoms with Gasteiger partial charge in [0.15, 0.2) is 11.6 Å². The first-order valence-electron chi connectivity index (χ1n) is 8.30. The summed E-state index contributed by atoms with van der Waals surface area (Å²) in [6.07, 6.45) is 0. The average Bonchev–Trinajstić information content (AvgIpc) is 2.59. The van der Waals surface area contributed by atoms with E-state index in [9.17, 15) is 31.3 Å². The maximum Gasteiger partial charge on any atom is 0.294 e. The van der Waals surface area contributed by atoms with E-state index in [1.165, 1.54) is 26.8 Å². The molecule has 0 aliphatic carbocycles. The highest BCUT2D eigenvalue weighted by Crippen LogP contribution is 2.32. The molecule has 1 aromatic carbocycles. The Hall–Kier alpha value is -2.26. The second-order valence-corrected chi connectivity index (χ2v) is 9.66. The van der Waals surface area contributed by atoms with Crippen LogP contribution >= 0.6 is 12.6 Å². The van der Waals surface area contributed by atoms with Crippen molar-refractivity contribution in [2.45, 2.75) is 42.9 Å². The predicted octanol–water partition coefficient (Wildman–Crippen LogP) is 2.53. The molecule has 0 atom stereocenters. The highest BCUT2D eigenvalue weighted by atomic mass is 32.2. The molecule has 11 nitrogen and oxygen atoms in total. The van der Waals surface area contributed by atoms with Gasteiger partial charge in [-0.25, -0.2) is 0 Å². The number of hydrogen-bond acceptors (Lipinski definition) is 9. The van der Waals surface area contributed by atoms with Gasteiger partial charge in [-0.1, -0.05) is 0 Å². The van der Waals surface area contributed by atoms with Crippen LogP contribution in [0, 0.1) is 13.8 Å². The Bertz CT molecular complexity index is 1310. The molecule has 0 aliphatic rings. The summed E-state index contributed by atoms with van der Waals surface area (Å²) in [6, 6.07) is 2.35. The minimum Gasteiger partial charge on any atom is -0.494 e. The molecule has 0 spiro atoms. The van der Waals surface area contributed by atoms with E-state index in [0.29, 0.717) is 0 Å². The van der Waals surface area contributed by atoms with Gasteiger partial charge in [0.25, 0.3) is 25.8 Å². The summed E-state index contributed by atoms with van der Waals surface area (Å²) >= 11 is 4.11. The van der Waals surface area contributed by atoms with E-state index in [1.54, 1.807) is 0 Å². The number of pyridine rings is 1. The molecule has 14 heteroatoms. The molecule has 0 unspecified atom stereocenters. The molecule has 3 N–H and O–H groups in total. The average molecular weight is 478 g/mol. The number of aromatic hydroxyl groups is 1. The lowest BCUT2D eigenvalue weighted by Crippen LogP contribution is -2.22. The molecular formula is C16H19N3O8S3. The Labute approximate surface area is 178 Å². The summed E-state index contributed by atoms with van der Waals surface area (Å²) < 4.78 is 64.6. The maximum atomic E-state index is 12.6. The van der Waals surface area contributed by atoms with Crippen LogP contribution in [0.3, 0.4) is 0 Å². The van der Waals surface area contributed by atoms with Crippen LogP contribution in [-0.4, -0.2) is 35.6 Å².